The van der Waals surface area contributed by atoms with Crippen molar-refractivity contribution in [1.82, 2.24) is 4.57 Å². The Morgan fingerprint density at radius 1 is 1.18 bits per heavy atom. The smallest absolute Gasteiger partial charge is 0.187 e. The molecule has 3 heteroatoms. The van der Waals surface area contributed by atoms with Crippen molar-refractivity contribution >= 4 is 0 Å². The summed E-state index contributed by atoms with van der Waals surface area (Å²) < 4.78 is 1.91. The largest absolute Gasteiger partial charge is 0.391 e. The van der Waals surface area contributed by atoms with Gasteiger partial charge in [0, 0.05) is 29.2 Å². The van der Waals surface area contributed by atoms with Gasteiger partial charge in [0.25, 0.3) is 0 Å². The Morgan fingerprint density at radius 3 is 2.41 bits per heavy atom. The second-order valence-electron chi connectivity index (χ2n) is 4.17. The Bertz CT molecular complexity index is 582. The van der Waals surface area contributed by atoms with Crippen molar-refractivity contribution in [3.8, 4) is 5.69 Å². The number of aromatic nitrogens is 1. The molecular formula is C14H15NO2. The van der Waals surface area contributed by atoms with Crippen LogP contribution >= 0.6 is 0 Å². The lowest BCUT2D eigenvalue weighted by atomic mass is 10.2. The summed E-state index contributed by atoms with van der Waals surface area (Å²) >= 11 is 0. The molecule has 0 aliphatic rings. The normalized spacial score (nSPS) is 10.5. The lowest BCUT2D eigenvalue weighted by molar-refractivity contribution is 0.280. The molecule has 2 aromatic rings. The van der Waals surface area contributed by atoms with Gasteiger partial charge in [-0.05, 0) is 26.0 Å². The average molecular weight is 229 g/mol. The van der Waals surface area contributed by atoms with Crippen LogP contribution in [0.2, 0.25) is 0 Å². The first kappa shape index (κ1) is 11.6. The first-order valence-corrected chi connectivity index (χ1v) is 5.52. The maximum absolute atomic E-state index is 11.5. The van der Waals surface area contributed by atoms with Crippen molar-refractivity contribution in [2.24, 2.45) is 0 Å². The summed E-state index contributed by atoms with van der Waals surface area (Å²) in [5, 5.41) is 9.11. The van der Waals surface area contributed by atoms with Crippen LogP contribution in [0.3, 0.4) is 0 Å². The van der Waals surface area contributed by atoms with E-state index in [0.29, 0.717) is 5.56 Å². The van der Waals surface area contributed by atoms with Crippen molar-refractivity contribution in [1.29, 1.82) is 0 Å². The van der Waals surface area contributed by atoms with E-state index < -0.39 is 0 Å². The number of aliphatic hydroxyl groups excluding tert-OH is 1. The highest BCUT2D eigenvalue weighted by molar-refractivity contribution is 5.37. The number of aliphatic hydroxyl groups is 1. The molecule has 0 radical (unpaired) electrons. The maximum atomic E-state index is 11.5. The van der Waals surface area contributed by atoms with Gasteiger partial charge in [-0.15, -0.1) is 0 Å². The summed E-state index contributed by atoms with van der Waals surface area (Å²) in [7, 11) is 0. The van der Waals surface area contributed by atoms with Crippen molar-refractivity contribution in [3.63, 3.8) is 0 Å². The number of rotatable bonds is 2. The lowest BCUT2D eigenvalue weighted by Gasteiger charge is -2.12. The number of hydrogen-bond acceptors (Lipinski definition) is 2. The molecule has 0 unspecified atom stereocenters. The molecular weight excluding hydrogens is 214 g/mol. The van der Waals surface area contributed by atoms with E-state index in [1.165, 1.54) is 5.56 Å². The average Bonchev–Trinajstić information content (AvgIpc) is 2.31. The predicted octanol–water partition coefficient (Wildman–Crippen LogP) is 1.95. The van der Waals surface area contributed by atoms with Gasteiger partial charge in [0.05, 0.1) is 6.61 Å². The minimum absolute atomic E-state index is 0.117. The van der Waals surface area contributed by atoms with Crippen LogP contribution in [0, 0.1) is 13.8 Å². The molecule has 0 saturated heterocycles. The van der Waals surface area contributed by atoms with E-state index in [-0.39, 0.29) is 12.0 Å². The molecule has 0 atom stereocenters. The third-order valence-electron chi connectivity index (χ3n) is 2.80. The topological polar surface area (TPSA) is 42.2 Å². The van der Waals surface area contributed by atoms with Crippen LogP contribution in [0.5, 0.6) is 0 Å². The summed E-state index contributed by atoms with van der Waals surface area (Å²) in [4.78, 5) is 11.5. The van der Waals surface area contributed by atoms with E-state index in [9.17, 15) is 4.79 Å². The second-order valence-corrected chi connectivity index (χ2v) is 4.17. The molecule has 3 nitrogen and oxygen atoms in total. The quantitative estimate of drug-likeness (QED) is 0.855. The van der Waals surface area contributed by atoms with Crippen LogP contribution in [0.15, 0.2) is 41.3 Å². The minimum Gasteiger partial charge on any atom is -0.391 e. The van der Waals surface area contributed by atoms with E-state index in [2.05, 4.69) is 0 Å². The molecule has 0 bridgehead atoms. The zero-order valence-corrected chi connectivity index (χ0v) is 9.97. The fraction of sp³-hybridized carbons (Fsp3) is 0.214. The lowest BCUT2D eigenvalue weighted by Crippen LogP contribution is -2.13. The summed E-state index contributed by atoms with van der Waals surface area (Å²) in [6, 6.07) is 9.57. The van der Waals surface area contributed by atoms with Gasteiger partial charge in [0.2, 0.25) is 0 Å². The minimum atomic E-state index is -0.231. The highest BCUT2D eigenvalue weighted by Gasteiger charge is 2.04. The highest BCUT2D eigenvalue weighted by atomic mass is 16.3. The number of nitrogens with zero attached hydrogens (tertiary/aromatic N) is 1. The highest BCUT2D eigenvalue weighted by Crippen LogP contribution is 2.12. The molecule has 0 amide bonds. The molecule has 0 aliphatic heterocycles. The van der Waals surface area contributed by atoms with Crippen molar-refractivity contribution < 1.29 is 5.11 Å². The molecule has 2 rings (SSSR count). The van der Waals surface area contributed by atoms with Crippen molar-refractivity contribution in [3.05, 3.63) is 63.6 Å². The van der Waals surface area contributed by atoms with E-state index >= 15 is 0 Å². The van der Waals surface area contributed by atoms with Crippen LogP contribution in [0.1, 0.15) is 16.8 Å². The SMILES string of the molecule is Cc1ccc(-n2cc(CO)c(=O)cc2C)cc1. The van der Waals surface area contributed by atoms with E-state index in [0.717, 1.165) is 11.4 Å². The Hall–Kier alpha value is -1.87. The van der Waals surface area contributed by atoms with Gasteiger partial charge >= 0.3 is 0 Å². The molecule has 0 fully saturated rings. The molecule has 17 heavy (non-hydrogen) atoms. The third-order valence-corrected chi connectivity index (χ3v) is 2.80. The second kappa shape index (κ2) is 4.55. The molecule has 1 N–H and O–H groups in total. The fourth-order valence-corrected chi connectivity index (χ4v) is 1.78. The number of benzene rings is 1. The zero-order valence-electron chi connectivity index (χ0n) is 9.97. The Morgan fingerprint density at radius 2 is 1.82 bits per heavy atom. The number of pyridine rings is 1. The third kappa shape index (κ3) is 2.29. The predicted molar refractivity (Wildman–Crippen MR) is 67.4 cm³/mol. The summed E-state index contributed by atoms with van der Waals surface area (Å²) in [5.41, 5.74) is 3.33. The van der Waals surface area contributed by atoms with Gasteiger partial charge in [-0.3, -0.25) is 4.79 Å². The van der Waals surface area contributed by atoms with E-state index in [1.807, 2.05) is 42.7 Å². The van der Waals surface area contributed by atoms with Crippen LogP contribution in [0.4, 0.5) is 0 Å². The van der Waals surface area contributed by atoms with Gasteiger partial charge in [0.15, 0.2) is 5.43 Å². The first-order chi connectivity index (χ1) is 8.11. The van der Waals surface area contributed by atoms with Gasteiger partial charge in [-0.1, -0.05) is 17.7 Å². The zero-order chi connectivity index (χ0) is 12.4. The molecule has 88 valence electrons. The van der Waals surface area contributed by atoms with Crippen LogP contribution in [-0.4, -0.2) is 9.67 Å². The summed E-state index contributed by atoms with van der Waals surface area (Å²) in [6.45, 7) is 3.68. The molecule has 0 aliphatic carbocycles. The van der Waals surface area contributed by atoms with E-state index in [1.54, 1.807) is 12.3 Å². The Labute approximate surface area is 100.0 Å². The molecule has 1 aromatic carbocycles. The molecule has 0 saturated carbocycles. The van der Waals surface area contributed by atoms with Gasteiger partial charge in [-0.25, -0.2) is 0 Å². The Balaban J connectivity index is 2.59. The van der Waals surface area contributed by atoms with Crippen LogP contribution in [0.25, 0.3) is 5.69 Å². The summed E-state index contributed by atoms with van der Waals surface area (Å²) in [6.07, 6.45) is 1.70. The molecule has 1 heterocycles. The van der Waals surface area contributed by atoms with Gasteiger partial charge in [-0.2, -0.15) is 0 Å². The first-order valence-electron chi connectivity index (χ1n) is 5.52. The van der Waals surface area contributed by atoms with E-state index in [4.69, 9.17) is 5.11 Å². The molecule has 0 spiro atoms. The van der Waals surface area contributed by atoms with Crippen molar-refractivity contribution in [2.75, 3.05) is 0 Å². The number of hydrogen-bond donors (Lipinski definition) is 1. The van der Waals surface area contributed by atoms with Crippen molar-refractivity contribution in [2.45, 2.75) is 20.5 Å². The monoisotopic (exact) mass is 229 g/mol. The standard InChI is InChI=1S/C14H15NO2/c1-10-3-5-13(6-4-10)15-8-12(9-16)14(17)7-11(15)2/h3-8,16H,9H2,1-2H3. The van der Waals surface area contributed by atoms with Crippen LogP contribution < -0.4 is 5.43 Å². The van der Waals surface area contributed by atoms with Gasteiger partial charge in [0.1, 0.15) is 0 Å². The van der Waals surface area contributed by atoms with Crippen LogP contribution in [-0.2, 0) is 6.61 Å². The Kier molecular flexibility index (Phi) is 3.11. The fourth-order valence-electron chi connectivity index (χ4n) is 1.78. The maximum Gasteiger partial charge on any atom is 0.187 e. The van der Waals surface area contributed by atoms with Gasteiger partial charge < -0.3 is 9.67 Å². The summed E-state index contributed by atoms with van der Waals surface area (Å²) in [5.74, 6) is 0. The molecule has 1 aromatic heterocycles. The number of aryl methyl sites for hydroxylation is 2.